The second-order valence-corrected chi connectivity index (χ2v) is 5.14. The van der Waals surface area contributed by atoms with Crippen LogP contribution >= 0.6 is 11.6 Å². The fraction of sp³-hybridized carbons (Fsp3) is 0.125. The number of fused-ring (bicyclic) bond motifs is 1. The van der Waals surface area contributed by atoms with Crippen LogP contribution in [0.3, 0.4) is 0 Å². The van der Waals surface area contributed by atoms with Crippen molar-refractivity contribution in [2.45, 2.75) is 13.5 Å². The summed E-state index contributed by atoms with van der Waals surface area (Å²) < 4.78 is 5.83. The van der Waals surface area contributed by atoms with Crippen molar-refractivity contribution < 1.29 is 4.74 Å². The first-order chi connectivity index (χ1) is 10.1. The third-order valence-electron chi connectivity index (χ3n) is 3.13. The first-order valence-corrected chi connectivity index (χ1v) is 6.91. The summed E-state index contributed by atoms with van der Waals surface area (Å²) >= 11 is 6.09. The summed E-state index contributed by atoms with van der Waals surface area (Å²) in [5.41, 5.74) is 8.06. The number of pyridine rings is 2. The molecule has 0 atom stereocenters. The summed E-state index contributed by atoms with van der Waals surface area (Å²) in [6.07, 6.45) is 0. The lowest BCUT2D eigenvalue weighted by Gasteiger charge is -2.10. The molecule has 3 rings (SSSR count). The van der Waals surface area contributed by atoms with Crippen molar-refractivity contribution in [1.29, 1.82) is 0 Å². The smallest absolute Gasteiger partial charge is 0.146 e. The Morgan fingerprint density at radius 3 is 2.81 bits per heavy atom. The van der Waals surface area contributed by atoms with Crippen LogP contribution in [0.2, 0.25) is 5.02 Å². The summed E-state index contributed by atoms with van der Waals surface area (Å²) in [5, 5.41) is 1.57. The zero-order chi connectivity index (χ0) is 14.8. The van der Waals surface area contributed by atoms with Crippen molar-refractivity contribution in [3.8, 4) is 5.75 Å². The zero-order valence-corrected chi connectivity index (χ0v) is 12.3. The standard InChI is InChI=1S/C16H14ClN3O/c1-10-5-6-11-3-2-4-14(16(11)19-10)21-9-13-12(17)7-8-15(18)20-13/h2-8H,9H2,1H3,(H2,18,20). The van der Waals surface area contributed by atoms with Crippen LogP contribution < -0.4 is 10.5 Å². The first-order valence-electron chi connectivity index (χ1n) is 6.53. The Labute approximate surface area is 127 Å². The van der Waals surface area contributed by atoms with Gasteiger partial charge in [0.25, 0.3) is 0 Å². The predicted molar refractivity (Wildman–Crippen MR) is 84.5 cm³/mol. The number of hydrogen-bond acceptors (Lipinski definition) is 4. The second-order valence-electron chi connectivity index (χ2n) is 4.73. The number of aromatic nitrogens is 2. The molecule has 0 fully saturated rings. The molecule has 0 radical (unpaired) electrons. The van der Waals surface area contributed by atoms with Crippen LogP contribution in [0.15, 0.2) is 42.5 Å². The van der Waals surface area contributed by atoms with Gasteiger partial charge in [0, 0.05) is 11.1 Å². The molecule has 0 aliphatic carbocycles. The highest BCUT2D eigenvalue weighted by Gasteiger charge is 2.07. The summed E-state index contributed by atoms with van der Waals surface area (Å²) in [5.74, 6) is 1.13. The van der Waals surface area contributed by atoms with E-state index in [-0.39, 0.29) is 6.61 Å². The van der Waals surface area contributed by atoms with Gasteiger partial charge in [0.15, 0.2) is 0 Å². The van der Waals surface area contributed by atoms with Gasteiger partial charge in [-0.3, -0.25) is 0 Å². The Kier molecular flexibility index (Phi) is 3.62. The number of benzene rings is 1. The van der Waals surface area contributed by atoms with Gasteiger partial charge in [-0.2, -0.15) is 0 Å². The highest BCUT2D eigenvalue weighted by atomic mass is 35.5. The molecule has 0 saturated heterocycles. The molecule has 3 aromatic rings. The maximum atomic E-state index is 6.09. The third-order valence-corrected chi connectivity index (χ3v) is 3.47. The van der Waals surface area contributed by atoms with Gasteiger partial charge in [-0.1, -0.05) is 29.8 Å². The van der Waals surface area contributed by atoms with Crippen molar-refractivity contribution in [1.82, 2.24) is 9.97 Å². The lowest BCUT2D eigenvalue weighted by Crippen LogP contribution is -2.02. The van der Waals surface area contributed by atoms with Crippen LogP contribution in [0.25, 0.3) is 10.9 Å². The number of aryl methyl sites for hydroxylation is 1. The quantitative estimate of drug-likeness (QED) is 0.800. The zero-order valence-electron chi connectivity index (χ0n) is 11.5. The topological polar surface area (TPSA) is 61.0 Å². The monoisotopic (exact) mass is 299 g/mol. The lowest BCUT2D eigenvalue weighted by atomic mass is 10.2. The lowest BCUT2D eigenvalue weighted by molar-refractivity contribution is 0.305. The van der Waals surface area contributed by atoms with E-state index in [4.69, 9.17) is 22.1 Å². The summed E-state index contributed by atoms with van der Waals surface area (Å²) in [6.45, 7) is 2.20. The Morgan fingerprint density at radius 2 is 1.95 bits per heavy atom. The number of halogens is 1. The van der Waals surface area contributed by atoms with Gasteiger partial charge in [-0.15, -0.1) is 0 Å². The molecule has 2 N–H and O–H groups in total. The van der Waals surface area contributed by atoms with Crippen LogP contribution in [0, 0.1) is 6.92 Å². The van der Waals surface area contributed by atoms with E-state index in [0.29, 0.717) is 22.3 Å². The fourth-order valence-electron chi connectivity index (χ4n) is 2.08. The molecule has 21 heavy (non-hydrogen) atoms. The molecular formula is C16H14ClN3O. The Balaban J connectivity index is 1.91. The van der Waals surface area contributed by atoms with E-state index in [1.54, 1.807) is 12.1 Å². The van der Waals surface area contributed by atoms with Crippen LogP contribution in [-0.2, 0) is 6.61 Å². The van der Waals surface area contributed by atoms with Gasteiger partial charge >= 0.3 is 0 Å². The van der Waals surface area contributed by atoms with Crippen LogP contribution in [0.1, 0.15) is 11.4 Å². The molecule has 0 aliphatic rings. The van der Waals surface area contributed by atoms with E-state index in [0.717, 1.165) is 16.6 Å². The predicted octanol–water partition coefficient (Wildman–Crippen LogP) is 3.75. The Morgan fingerprint density at radius 1 is 1.10 bits per heavy atom. The van der Waals surface area contributed by atoms with Crippen LogP contribution in [0.5, 0.6) is 5.75 Å². The number of nitrogen functional groups attached to an aromatic ring is 1. The Hall–Kier alpha value is -2.33. The molecule has 0 bridgehead atoms. The van der Waals surface area contributed by atoms with Crippen LogP contribution in [0.4, 0.5) is 5.82 Å². The van der Waals surface area contributed by atoms with E-state index >= 15 is 0 Å². The summed E-state index contributed by atoms with van der Waals surface area (Å²) in [7, 11) is 0. The van der Waals surface area contributed by atoms with Crippen molar-refractivity contribution >= 4 is 28.3 Å². The number of ether oxygens (including phenoxy) is 1. The molecule has 4 nitrogen and oxygen atoms in total. The largest absolute Gasteiger partial charge is 0.485 e. The van der Waals surface area contributed by atoms with Gasteiger partial charge in [-0.05, 0) is 31.2 Å². The molecule has 0 unspecified atom stereocenters. The van der Waals surface area contributed by atoms with Gasteiger partial charge in [0.05, 0.1) is 10.7 Å². The molecule has 1 aromatic carbocycles. The molecule has 106 valence electrons. The molecule has 0 aliphatic heterocycles. The van der Waals surface area contributed by atoms with E-state index in [1.165, 1.54) is 0 Å². The van der Waals surface area contributed by atoms with Crippen molar-refractivity contribution in [3.05, 3.63) is 58.9 Å². The van der Waals surface area contributed by atoms with E-state index in [9.17, 15) is 0 Å². The molecule has 0 amide bonds. The van der Waals surface area contributed by atoms with Crippen LogP contribution in [-0.4, -0.2) is 9.97 Å². The molecule has 0 saturated carbocycles. The summed E-state index contributed by atoms with van der Waals surface area (Å²) in [6, 6.07) is 13.2. The van der Waals surface area contributed by atoms with E-state index in [1.807, 2.05) is 37.3 Å². The summed E-state index contributed by atoms with van der Waals surface area (Å²) in [4.78, 5) is 8.71. The van der Waals surface area contributed by atoms with Crippen molar-refractivity contribution in [2.75, 3.05) is 5.73 Å². The third kappa shape index (κ3) is 2.90. The maximum absolute atomic E-state index is 6.09. The minimum absolute atomic E-state index is 0.249. The molecule has 2 heterocycles. The Bertz CT molecular complexity index is 805. The highest BCUT2D eigenvalue weighted by molar-refractivity contribution is 6.31. The molecule has 2 aromatic heterocycles. The minimum Gasteiger partial charge on any atom is -0.485 e. The average Bonchev–Trinajstić information content (AvgIpc) is 2.48. The number of rotatable bonds is 3. The molecule has 5 heteroatoms. The first kappa shape index (κ1) is 13.6. The SMILES string of the molecule is Cc1ccc2cccc(OCc3nc(N)ccc3Cl)c2n1. The maximum Gasteiger partial charge on any atom is 0.146 e. The normalized spacial score (nSPS) is 10.8. The van der Waals surface area contributed by atoms with Gasteiger partial charge in [0.2, 0.25) is 0 Å². The molecule has 0 spiro atoms. The van der Waals surface area contributed by atoms with Crippen molar-refractivity contribution in [2.24, 2.45) is 0 Å². The van der Waals surface area contributed by atoms with Gasteiger partial charge < -0.3 is 10.5 Å². The number of nitrogens with two attached hydrogens (primary N) is 1. The number of hydrogen-bond donors (Lipinski definition) is 1. The van der Waals surface area contributed by atoms with E-state index < -0.39 is 0 Å². The van der Waals surface area contributed by atoms with Gasteiger partial charge in [0.1, 0.15) is 23.7 Å². The number of anilines is 1. The highest BCUT2D eigenvalue weighted by Crippen LogP contribution is 2.25. The number of para-hydroxylation sites is 1. The van der Waals surface area contributed by atoms with Crippen molar-refractivity contribution in [3.63, 3.8) is 0 Å². The fourth-order valence-corrected chi connectivity index (χ4v) is 2.24. The van der Waals surface area contributed by atoms with E-state index in [2.05, 4.69) is 9.97 Å². The van der Waals surface area contributed by atoms with Gasteiger partial charge in [-0.25, -0.2) is 9.97 Å². The number of nitrogens with zero attached hydrogens (tertiary/aromatic N) is 2. The minimum atomic E-state index is 0.249. The average molecular weight is 300 g/mol. The molecular weight excluding hydrogens is 286 g/mol. The second kappa shape index (κ2) is 5.58.